The van der Waals surface area contributed by atoms with E-state index in [0.29, 0.717) is 25.7 Å². The fourth-order valence-electron chi connectivity index (χ4n) is 1.69. The third-order valence-corrected chi connectivity index (χ3v) is 2.93. The van der Waals surface area contributed by atoms with Crippen molar-refractivity contribution >= 4 is 11.7 Å². The van der Waals surface area contributed by atoms with E-state index in [4.69, 9.17) is 5.73 Å². The highest BCUT2D eigenvalue weighted by atomic mass is 19.4. The van der Waals surface area contributed by atoms with Gasteiger partial charge in [-0.25, -0.2) is 0 Å². The standard InChI is InChI=1S/C13H23F3N2O2/c1-2-3-4-8-11(19)10(17)7-5-6-9-18-12(20)13(14,15)16/h10H,2-9,17H2,1H3,(H,18,20). The van der Waals surface area contributed by atoms with Crippen molar-refractivity contribution in [1.82, 2.24) is 5.32 Å². The van der Waals surface area contributed by atoms with Gasteiger partial charge in [0.2, 0.25) is 0 Å². The molecule has 118 valence electrons. The average Bonchev–Trinajstić information content (AvgIpc) is 2.36. The molecule has 0 aliphatic rings. The summed E-state index contributed by atoms with van der Waals surface area (Å²) in [5, 5.41) is 1.78. The largest absolute Gasteiger partial charge is 0.471 e. The first-order valence-corrected chi connectivity index (χ1v) is 6.92. The van der Waals surface area contributed by atoms with E-state index in [0.717, 1.165) is 19.3 Å². The Balaban J connectivity index is 3.64. The number of alkyl halides is 3. The van der Waals surface area contributed by atoms with Gasteiger partial charge in [0.15, 0.2) is 0 Å². The molecule has 0 heterocycles. The second kappa shape index (κ2) is 9.74. The predicted octanol–water partition coefficient (Wildman–Crippen LogP) is 2.31. The molecule has 0 radical (unpaired) electrons. The van der Waals surface area contributed by atoms with Crippen molar-refractivity contribution in [3.63, 3.8) is 0 Å². The van der Waals surface area contributed by atoms with Crippen LogP contribution in [0, 0.1) is 0 Å². The van der Waals surface area contributed by atoms with Gasteiger partial charge in [-0.15, -0.1) is 0 Å². The van der Waals surface area contributed by atoms with Gasteiger partial charge in [0.1, 0.15) is 5.78 Å². The van der Waals surface area contributed by atoms with Crippen molar-refractivity contribution in [2.24, 2.45) is 5.73 Å². The highest BCUT2D eigenvalue weighted by Gasteiger charge is 2.38. The van der Waals surface area contributed by atoms with Crippen LogP contribution in [0.2, 0.25) is 0 Å². The Morgan fingerprint density at radius 1 is 1.15 bits per heavy atom. The summed E-state index contributed by atoms with van der Waals surface area (Å²) in [4.78, 5) is 22.1. The monoisotopic (exact) mass is 296 g/mol. The Morgan fingerprint density at radius 2 is 1.80 bits per heavy atom. The van der Waals surface area contributed by atoms with Crippen LogP contribution in [0.1, 0.15) is 51.9 Å². The SMILES string of the molecule is CCCCCC(=O)C(N)CCCCNC(=O)C(F)(F)F. The Bertz CT molecular complexity index is 306. The summed E-state index contributed by atoms with van der Waals surface area (Å²) in [5.74, 6) is -1.93. The van der Waals surface area contributed by atoms with E-state index in [2.05, 4.69) is 0 Å². The lowest BCUT2D eigenvalue weighted by molar-refractivity contribution is -0.173. The van der Waals surface area contributed by atoms with Gasteiger partial charge in [-0.1, -0.05) is 19.8 Å². The Morgan fingerprint density at radius 3 is 2.35 bits per heavy atom. The number of rotatable bonds is 10. The zero-order valence-electron chi connectivity index (χ0n) is 11.8. The van der Waals surface area contributed by atoms with Crippen LogP contribution in [0.5, 0.6) is 0 Å². The molecule has 0 aromatic rings. The van der Waals surface area contributed by atoms with Gasteiger partial charge in [0, 0.05) is 13.0 Å². The fraction of sp³-hybridized carbons (Fsp3) is 0.846. The molecule has 0 aromatic heterocycles. The minimum absolute atomic E-state index is 0.00206. The maximum Gasteiger partial charge on any atom is 0.471 e. The number of carbonyl (C=O) groups is 2. The number of unbranched alkanes of at least 4 members (excludes halogenated alkanes) is 3. The maximum absolute atomic E-state index is 11.9. The number of amides is 1. The second-order valence-electron chi connectivity index (χ2n) is 4.78. The second-order valence-corrected chi connectivity index (χ2v) is 4.78. The molecule has 3 N–H and O–H groups in total. The Hall–Kier alpha value is -1.11. The molecule has 7 heteroatoms. The van der Waals surface area contributed by atoms with Gasteiger partial charge in [-0.2, -0.15) is 13.2 Å². The van der Waals surface area contributed by atoms with Crippen molar-refractivity contribution < 1.29 is 22.8 Å². The summed E-state index contributed by atoms with van der Waals surface area (Å²) in [5.41, 5.74) is 5.69. The average molecular weight is 296 g/mol. The van der Waals surface area contributed by atoms with E-state index in [-0.39, 0.29) is 12.3 Å². The Kier molecular flexibility index (Phi) is 9.20. The van der Waals surface area contributed by atoms with Crippen molar-refractivity contribution in [2.45, 2.75) is 64.1 Å². The van der Waals surface area contributed by atoms with Crippen LogP contribution in [-0.2, 0) is 9.59 Å². The lowest BCUT2D eigenvalue weighted by Gasteiger charge is -2.11. The number of carbonyl (C=O) groups excluding carboxylic acids is 2. The number of nitrogens with one attached hydrogen (secondary N) is 1. The van der Waals surface area contributed by atoms with Crippen LogP contribution >= 0.6 is 0 Å². The minimum Gasteiger partial charge on any atom is -0.348 e. The van der Waals surface area contributed by atoms with Gasteiger partial charge in [0.25, 0.3) is 0 Å². The maximum atomic E-state index is 11.9. The van der Waals surface area contributed by atoms with E-state index >= 15 is 0 Å². The molecular weight excluding hydrogens is 273 g/mol. The van der Waals surface area contributed by atoms with Crippen LogP contribution < -0.4 is 11.1 Å². The predicted molar refractivity (Wildman–Crippen MR) is 70.0 cm³/mol. The molecule has 0 aliphatic heterocycles. The van der Waals surface area contributed by atoms with Crippen LogP contribution in [0.4, 0.5) is 13.2 Å². The van der Waals surface area contributed by atoms with Crippen molar-refractivity contribution in [1.29, 1.82) is 0 Å². The van der Waals surface area contributed by atoms with Crippen LogP contribution in [-0.4, -0.2) is 30.5 Å². The van der Waals surface area contributed by atoms with Crippen molar-refractivity contribution in [3.8, 4) is 0 Å². The number of Topliss-reactive ketones (excluding diaryl/α,β-unsaturated/α-hetero) is 1. The van der Waals surface area contributed by atoms with Gasteiger partial charge in [-0.3, -0.25) is 9.59 Å². The molecule has 4 nitrogen and oxygen atoms in total. The number of hydrogen-bond donors (Lipinski definition) is 2. The first-order valence-electron chi connectivity index (χ1n) is 6.92. The molecule has 1 unspecified atom stereocenters. The lowest BCUT2D eigenvalue weighted by Crippen LogP contribution is -2.37. The molecule has 0 fully saturated rings. The number of nitrogens with two attached hydrogens (primary N) is 1. The topological polar surface area (TPSA) is 72.2 Å². The summed E-state index contributed by atoms with van der Waals surface area (Å²) >= 11 is 0. The van der Waals surface area contributed by atoms with Crippen LogP contribution in [0.3, 0.4) is 0 Å². The van der Waals surface area contributed by atoms with Crippen LogP contribution in [0.25, 0.3) is 0 Å². The van der Waals surface area contributed by atoms with Crippen LogP contribution in [0.15, 0.2) is 0 Å². The normalized spacial score (nSPS) is 13.1. The Labute approximate surface area is 117 Å². The third kappa shape index (κ3) is 8.90. The van der Waals surface area contributed by atoms with E-state index < -0.39 is 18.1 Å². The number of hydrogen-bond acceptors (Lipinski definition) is 3. The van der Waals surface area contributed by atoms with E-state index in [1.54, 1.807) is 5.32 Å². The highest BCUT2D eigenvalue weighted by Crippen LogP contribution is 2.14. The van der Waals surface area contributed by atoms with E-state index in [1.165, 1.54) is 0 Å². The molecule has 0 spiro atoms. The fourth-order valence-corrected chi connectivity index (χ4v) is 1.69. The quantitative estimate of drug-likeness (QED) is 0.608. The molecular formula is C13H23F3N2O2. The van der Waals surface area contributed by atoms with Gasteiger partial charge in [-0.05, 0) is 25.7 Å². The molecule has 0 aliphatic carbocycles. The first kappa shape index (κ1) is 18.9. The summed E-state index contributed by atoms with van der Waals surface area (Å²) in [6, 6.07) is -0.551. The summed E-state index contributed by atoms with van der Waals surface area (Å²) in [6.07, 6.45) is -0.219. The third-order valence-electron chi connectivity index (χ3n) is 2.93. The molecule has 0 aromatic carbocycles. The smallest absolute Gasteiger partial charge is 0.348 e. The highest BCUT2D eigenvalue weighted by molar-refractivity contribution is 5.83. The summed E-state index contributed by atoms with van der Waals surface area (Å²) in [6.45, 7) is 1.98. The zero-order valence-corrected chi connectivity index (χ0v) is 11.8. The summed E-state index contributed by atoms with van der Waals surface area (Å²) < 4.78 is 35.6. The molecule has 0 saturated heterocycles. The molecule has 0 bridgehead atoms. The molecule has 0 saturated carbocycles. The van der Waals surface area contributed by atoms with Gasteiger partial charge in [0.05, 0.1) is 6.04 Å². The van der Waals surface area contributed by atoms with Crippen molar-refractivity contribution in [2.75, 3.05) is 6.54 Å². The van der Waals surface area contributed by atoms with Gasteiger partial charge < -0.3 is 11.1 Å². The number of ketones is 1. The number of halogens is 3. The molecule has 1 amide bonds. The molecule has 0 rings (SSSR count). The zero-order chi connectivity index (χ0) is 15.6. The van der Waals surface area contributed by atoms with E-state index in [1.807, 2.05) is 6.92 Å². The minimum atomic E-state index is -4.84. The van der Waals surface area contributed by atoms with Gasteiger partial charge >= 0.3 is 12.1 Å². The van der Waals surface area contributed by atoms with E-state index in [9.17, 15) is 22.8 Å². The summed E-state index contributed by atoms with van der Waals surface area (Å²) in [7, 11) is 0. The molecule has 20 heavy (non-hydrogen) atoms. The molecule has 1 atom stereocenters. The lowest BCUT2D eigenvalue weighted by atomic mass is 10.0. The van der Waals surface area contributed by atoms with Crippen molar-refractivity contribution in [3.05, 3.63) is 0 Å². The first-order chi connectivity index (χ1) is 9.29.